The van der Waals surface area contributed by atoms with Gasteiger partial charge in [0, 0.05) is 11.8 Å². The van der Waals surface area contributed by atoms with E-state index >= 15 is 0 Å². The molecule has 0 saturated heterocycles. The summed E-state index contributed by atoms with van der Waals surface area (Å²) in [6.07, 6.45) is 0.350. The van der Waals surface area contributed by atoms with Crippen LogP contribution in [0.25, 0.3) is 0 Å². The van der Waals surface area contributed by atoms with Gasteiger partial charge in [-0.25, -0.2) is 0 Å². The number of hydrogen-bond acceptors (Lipinski definition) is 2. The van der Waals surface area contributed by atoms with E-state index in [9.17, 15) is 0 Å². The first-order valence-electron chi connectivity index (χ1n) is 3.11. The molecule has 0 aromatic heterocycles. The molecule has 0 heterocycles. The van der Waals surface area contributed by atoms with Crippen LogP contribution in [-0.2, 0) is 0 Å². The summed E-state index contributed by atoms with van der Waals surface area (Å²) in [6.45, 7) is 10.3. The number of allylic oxidation sites excluding steroid dienone is 2. The minimum Gasteiger partial charge on any atom is -0.513 e. The van der Waals surface area contributed by atoms with Gasteiger partial charge >= 0.3 is 0 Å². The summed E-state index contributed by atoms with van der Waals surface area (Å²) in [5.74, 6) is 0.142. The van der Waals surface area contributed by atoms with Gasteiger partial charge in [0.05, 0.1) is 11.5 Å². The first kappa shape index (κ1) is 9.08. The summed E-state index contributed by atoms with van der Waals surface area (Å²) >= 11 is 0. The highest BCUT2D eigenvalue weighted by molar-refractivity contribution is 5.02. The first-order valence-corrected chi connectivity index (χ1v) is 3.11. The quantitative estimate of drug-likeness (QED) is 0.594. The summed E-state index contributed by atoms with van der Waals surface area (Å²) in [4.78, 5) is 0. The number of aliphatic hydroxyl groups is 2. The van der Waals surface area contributed by atoms with Crippen molar-refractivity contribution in [3.63, 3.8) is 0 Å². The molecule has 0 aromatic carbocycles. The van der Waals surface area contributed by atoms with Crippen molar-refractivity contribution in [3.8, 4) is 0 Å². The van der Waals surface area contributed by atoms with Crippen molar-refractivity contribution in [2.75, 3.05) is 0 Å². The summed E-state index contributed by atoms with van der Waals surface area (Å²) in [5.41, 5.74) is -0.466. The third-order valence-electron chi connectivity index (χ3n) is 1.43. The molecule has 58 valence electrons. The molecule has 0 rings (SSSR count). The highest BCUT2D eigenvalue weighted by Gasteiger charge is 2.22. The van der Waals surface area contributed by atoms with Gasteiger partial charge in [0.1, 0.15) is 0 Å². The zero-order chi connectivity index (χ0) is 8.36. The predicted molar refractivity (Wildman–Crippen MR) is 41.9 cm³/mol. The van der Waals surface area contributed by atoms with Gasteiger partial charge in [-0.3, -0.25) is 0 Å². The van der Waals surface area contributed by atoms with Crippen molar-refractivity contribution in [2.45, 2.75) is 20.3 Å². The number of rotatable bonds is 3. The fraction of sp³-hybridized carbons (Fsp3) is 0.500. The lowest BCUT2D eigenvalue weighted by molar-refractivity contribution is 0.231. The lowest BCUT2D eigenvalue weighted by atomic mass is 9.87. The molecule has 0 aliphatic heterocycles. The SMILES string of the molecule is C=C(O)CC(C)(C)C(=C)O. The van der Waals surface area contributed by atoms with Crippen molar-refractivity contribution < 1.29 is 10.2 Å². The Labute approximate surface area is 61.5 Å². The normalized spacial score (nSPS) is 11.0. The van der Waals surface area contributed by atoms with Crippen LogP contribution in [0.4, 0.5) is 0 Å². The molecule has 0 atom stereocenters. The monoisotopic (exact) mass is 142 g/mol. The molecular formula is C8H14O2. The van der Waals surface area contributed by atoms with E-state index in [1.807, 2.05) is 0 Å². The van der Waals surface area contributed by atoms with Crippen molar-refractivity contribution in [1.29, 1.82) is 0 Å². The van der Waals surface area contributed by atoms with Crippen molar-refractivity contribution >= 4 is 0 Å². The molecule has 0 aliphatic carbocycles. The average molecular weight is 142 g/mol. The molecule has 0 aliphatic rings. The first-order chi connectivity index (χ1) is 4.36. The average Bonchev–Trinajstić information content (AvgIpc) is 1.60. The second-order valence-corrected chi connectivity index (χ2v) is 3.07. The second kappa shape index (κ2) is 2.78. The Morgan fingerprint density at radius 3 is 1.80 bits per heavy atom. The molecule has 0 aromatic rings. The van der Waals surface area contributed by atoms with Gasteiger partial charge in [-0.05, 0) is 0 Å². The highest BCUT2D eigenvalue weighted by Crippen LogP contribution is 2.29. The van der Waals surface area contributed by atoms with Gasteiger partial charge < -0.3 is 10.2 Å². The Kier molecular flexibility index (Phi) is 2.52. The molecule has 0 bridgehead atoms. The van der Waals surface area contributed by atoms with Crippen LogP contribution in [0.2, 0.25) is 0 Å². The summed E-state index contributed by atoms with van der Waals surface area (Å²) in [7, 11) is 0. The minimum atomic E-state index is -0.466. The fourth-order valence-electron chi connectivity index (χ4n) is 0.612. The lowest BCUT2D eigenvalue weighted by Gasteiger charge is -2.21. The number of hydrogen-bond donors (Lipinski definition) is 2. The topological polar surface area (TPSA) is 40.5 Å². The Bertz CT molecular complexity index is 157. The van der Waals surface area contributed by atoms with E-state index in [-0.39, 0.29) is 11.5 Å². The van der Waals surface area contributed by atoms with Gasteiger partial charge in [0.2, 0.25) is 0 Å². The fourth-order valence-corrected chi connectivity index (χ4v) is 0.612. The molecule has 0 unspecified atom stereocenters. The maximum Gasteiger partial charge on any atom is 0.0911 e. The highest BCUT2D eigenvalue weighted by atomic mass is 16.3. The molecular weight excluding hydrogens is 128 g/mol. The smallest absolute Gasteiger partial charge is 0.0911 e. The van der Waals surface area contributed by atoms with Crippen LogP contribution in [0.3, 0.4) is 0 Å². The van der Waals surface area contributed by atoms with E-state index in [2.05, 4.69) is 13.2 Å². The van der Waals surface area contributed by atoms with Crippen LogP contribution in [0.5, 0.6) is 0 Å². The molecule has 0 amide bonds. The van der Waals surface area contributed by atoms with E-state index < -0.39 is 5.41 Å². The van der Waals surface area contributed by atoms with Crippen LogP contribution in [-0.4, -0.2) is 10.2 Å². The summed E-state index contributed by atoms with van der Waals surface area (Å²) < 4.78 is 0. The number of aliphatic hydroxyl groups excluding tert-OH is 2. The Morgan fingerprint density at radius 2 is 1.70 bits per heavy atom. The third kappa shape index (κ3) is 2.58. The zero-order valence-corrected chi connectivity index (χ0v) is 6.52. The second-order valence-electron chi connectivity index (χ2n) is 3.07. The van der Waals surface area contributed by atoms with Crippen LogP contribution < -0.4 is 0 Å². The largest absolute Gasteiger partial charge is 0.513 e. The third-order valence-corrected chi connectivity index (χ3v) is 1.43. The van der Waals surface area contributed by atoms with Crippen LogP contribution in [0.15, 0.2) is 24.7 Å². The Hall–Kier alpha value is -0.920. The summed E-state index contributed by atoms with van der Waals surface area (Å²) in [5, 5.41) is 17.8. The minimum absolute atomic E-state index is 0.0696. The molecule has 0 spiro atoms. The van der Waals surface area contributed by atoms with Crippen LogP contribution >= 0.6 is 0 Å². The molecule has 2 heteroatoms. The van der Waals surface area contributed by atoms with Crippen molar-refractivity contribution in [1.82, 2.24) is 0 Å². The van der Waals surface area contributed by atoms with Gasteiger partial charge in [-0.2, -0.15) is 0 Å². The molecule has 0 radical (unpaired) electrons. The Morgan fingerprint density at radius 1 is 1.30 bits per heavy atom. The predicted octanol–water partition coefficient (Wildman–Crippen LogP) is 2.55. The van der Waals surface area contributed by atoms with E-state index in [4.69, 9.17) is 10.2 Å². The van der Waals surface area contributed by atoms with Crippen LogP contribution in [0, 0.1) is 5.41 Å². The standard InChI is InChI=1S/C8H14O2/c1-6(9)5-8(3,4)7(2)10/h9-10H,1-2,5H2,3-4H3. The zero-order valence-electron chi connectivity index (χ0n) is 6.52. The van der Waals surface area contributed by atoms with E-state index in [0.29, 0.717) is 6.42 Å². The summed E-state index contributed by atoms with van der Waals surface area (Å²) in [6, 6.07) is 0. The van der Waals surface area contributed by atoms with E-state index in [1.165, 1.54) is 0 Å². The Balaban J connectivity index is 4.13. The maximum absolute atomic E-state index is 8.98. The van der Waals surface area contributed by atoms with Gasteiger partial charge in [0.15, 0.2) is 0 Å². The molecule has 0 saturated carbocycles. The lowest BCUT2D eigenvalue weighted by Crippen LogP contribution is -2.14. The van der Waals surface area contributed by atoms with Crippen LogP contribution in [0.1, 0.15) is 20.3 Å². The molecule has 2 nitrogen and oxygen atoms in total. The molecule has 0 fully saturated rings. The van der Waals surface area contributed by atoms with Gasteiger partial charge in [-0.1, -0.05) is 27.0 Å². The van der Waals surface area contributed by atoms with E-state index in [0.717, 1.165) is 0 Å². The molecule has 10 heavy (non-hydrogen) atoms. The molecule has 2 N–H and O–H groups in total. The van der Waals surface area contributed by atoms with E-state index in [1.54, 1.807) is 13.8 Å². The maximum atomic E-state index is 8.98. The van der Waals surface area contributed by atoms with Crippen molar-refractivity contribution in [2.24, 2.45) is 5.41 Å². The van der Waals surface area contributed by atoms with Crippen molar-refractivity contribution in [3.05, 3.63) is 24.7 Å². The van der Waals surface area contributed by atoms with Gasteiger partial charge in [0.25, 0.3) is 0 Å². The van der Waals surface area contributed by atoms with Gasteiger partial charge in [-0.15, -0.1) is 0 Å².